The van der Waals surface area contributed by atoms with Crippen LogP contribution >= 0.6 is 12.6 Å². The number of thiol groups is 1. The van der Waals surface area contributed by atoms with Gasteiger partial charge in [-0.2, -0.15) is 12.6 Å². The Bertz CT molecular complexity index is 307. The van der Waals surface area contributed by atoms with Crippen molar-refractivity contribution in [3.8, 4) is 0 Å². The zero-order chi connectivity index (χ0) is 13.8. The van der Waals surface area contributed by atoms with Crippen LogP contribution in [-0.2, 0) is 9.53 Å². The maximum Gasteiger partial charge on any atom is 0.408 e. The Kier molecular flexibility index (Phi) is 5.31. The van der Waals surface area contributed by atoms with Crippen molar-refractivity contribution in [1.82, 2.24) is 10.2 Å². The van der Waals surface area contributed by atoms with Crippen LogP contribution in [0, 0.1) is 0 Å². The molecule has 1 fully saturated rings. The van der Waals surface area contributed by atoms with Crippen LogP contribution in [-0.4, -0.2) is 47.4 Å². The molecule has 6 heteroatoms. The summed E-state index contributed by atoms with van der Waals surface area (Å²) in [6.07, 6.45) is 1.25. The van der Waals surface area contributed by atoms with Crippen LogP contribution < -0.4 is 5.32 Å². The number of amides is 2. The van der Waals surface area contributed by atoms with Crippen LogP contribution in [0.2, 0.25) is 0 Å². The zero-order valence-electron chi connectivity index (χ0n) is 11.2. The van der Waals surface area contributed by atoms with Gasteiger partial charge in [-0.25, -0.2) is 4.79 Å². The summed E-state index contributed by atoms with van der Waals surface area (Å²) in [4.78, 5) is 24.9. The maximum absolute atomic E-state index is 11.8. The lowest BCUT2D eigenvalue weighted by molar-refractivity contribution is -0.131. The van der Waals surface area contributed by atoms with E-state index in [2.05, 4.69) is 17.9 Å². The van der Waals surface area contributed by atoms with Gasteiger partial charge in [-0.05, 0) is 33.6 Å². The Hall–Kier alpha value is -0.910. The fourth-order valence-corrected chi connectivity index (χ4v) is 1.92. The lowest BCUT2D eigenvalue weighted by Gasteiger charge is -2.30. The molecule has 0 aromatic carbocycles. The predicted octanol–water partition coefficient (Wildman–Crippen LogP) is 1.43. The fraction of sp³-hybridized carbons (Fsp3) is 0.833. The van der Waals surface area contributed by atoms with Crippen molar-refractivity contribution in [3.63, 3.8) is 0 Å². The van der Waals surface area contributed by atoms with E-state index < -0.39 is 11.7 Å². The molecule has 1 N–H and O–H groups in total. The molecular weight excluding hydrogens is 252 g/mol. The number of likely N-dealkylation sites (tertiary alicyclic amines) is 1. The van der Waals surface area contributed by atoms with E-state index in [4.69, 9.17) is 4.74 Å². The summed E-state index contributed by atoms with van der Waals surface area (Å²) in [6.45, 7) is 6.77. The van der Waals surface area contributed by atoms with Gasteiger partial charge < -0.3 is 15.0 Å². The number of nitrogens with one attached hydrogen (secondary N) is 1. The van der Waals surface area contributed by atoms with E-state index in [1.807, 2.05) is 0 Å². The lowest BCUT2D eigenvalue weighted by atomic mass is 10.1. The Morgan fingerprint density at radius 1 is 1.33 bits per heavy atom. The molecule has 0 unspecified atom stereocenters. The lowest BCUT2D eigenvalue weighted by Crippen LogP contribution is -2.45. The molecule has 104 valence electrons. The van der Waals surface area contributed by atoms with Crippen LogP contribution in [0.5, 0.6) is 0 Å². The number of carbonyl (C=O) groups is 2. The minimum absolute atomic E-state index is 0.00779. The standard InChI is InChI=1S/C12H22N2O3S/c1-12(2,3)17-11(16)13-8-10(15)14-6-4-9(18)5-7-14/h9,18H,4-8H2,1-3H3,(H,13,16). The third-order valence-electron chi connectivity index (χ3n) is 2.60. The molecule has 2 amide bonds. The van der Waals surface area contributed by atoms with Crippen molar-refractivity contribution >= 4 is 24.6 Å². The number of hydrogen-bond donors (Lipinski definition) is 2. The first kappa shape index (κ1) is 15.1. The smallest absolute Gasteiger partial charge is 0.408 e. The van der Waals surface area contributed by atoms with E-state index in [1.165, 1.54) is 0 Å². The molecule has 5 nitrogen and oxygen atoms in total. The van der Waals surface area contributed by atoms with Crippen LogP contribution in [0.4, 0.5) is 4.79 Å². The van der Waals surface area contributed by atoms with E-state index in [0.717, 1.165) is 12.8 Å². The van der Waals surface area contributed by atoms with Crippen molar-refractivity contribution in [2.45, 2.75) is 44.5 Å². The summed E-state index contributed by atoms with van der Waals surface area (Å²) in [7, 11) is 0. The van der Waals surface area contributed by atoms with Gasteiger partial charge in [0.15, 0.2) is 0 Å². The molecular formula is C12H22N2O3S. The molecule has 0 saturated carbocycles. The summed E-state index contributed by atoms with van der Waals surface area (Å²) in [5.41, 5.74) is -0.544. The molecule has 1 aliphatic rings. The van der Waals surface area contributed by atoms with E-state index in [9.17, 15) is 9.59 Å². The van der Waals surface area contributed by atoms with E-state index in [0.29, 0.717) is 18.3 Å². The quantitative estimate of drug-likeness (QED) is 0.749. The third-order valence-corrected chi connectivity index (χ3v) is 3.12. The average molecular weight is 274 g/mol. The average Bonchev–Trinajstić information content (AvgIpc) is 2.24. The molecule has 0 aromatic rings. The van der Waals surface area contributed by atoms with Gasteiger partial charge in [0.25, 0.3) is 0 Å². The molecule has 0 atom stereocenters. The van der Waals surface area contributed by atoms with Gasteiger partial charge in [-0.1, -0.05) is 0 Å². The highest BCUT2D eigenvalue weighted by Crippen LogP contribution is 2.14. The number of piperidine rings is 1. The van der Waals surface area contributed by atoms with Gasteiger partial charge >= 0.3 is 6.09 Å². The van der Waals surface area contributed by atoms with Crippen LogP contribution in [0.3, 0.4) is 0 Å². The minimum atomic E-state index is -0.556. The molecule has 1 aliphatic heterocycles. The highest BCUT2D eigenvalue weighted by atomic mass is 32.1. The van der Waals surface area contributed by atoms with Gasteiger partial charge in [0.1, 0.15) is 12.1 Å². The molecule has 1 heterocycles. The van der Waals surface area contributed by atoms with Gasteiger partial charge in [-0.3, -0.25) is 4.79 Å². The van der Waals surface area contributed by atoms with E-state index >= 15 is 0 Å². The summed E-state index contributed by atoms with van der Waals surface area (Å²) < 4.78 is 5.06. The van der Waals surface area contributed by atoms with Crippen molar-refractivity contribution in [1.29, 1.82) is 0 Å². The monoisotopic (exact) mass is 274 g/mol. The second kappa shape index (κ2) is 6.31. The molecule has 0 spiro atoms. The van der Waals surface area contributed by atoms with Crippen molar-refractivity contribution in [3.05, 3.63) is 0 Å². The normalized spacial score (nSPS) is 17.4. The molecule has 0 aliphatic carbocycles. The van der Waals surface area contributed by atoms with Gasteiger partial charge in [0, 0.05) is 18.3 Å². The maximum atomic E-state index is 11.8. The molecule has 1 rings (SSSR count). The van der Waals surface area contributed by atoms with Crippen molar-refractivity contribution in [2.24, 2.45) is 0 Å². The summed E-state index contributed by atoms with van der Waals surface area (Å²) in [5, 5.41) is 2.86. The molecule has 0 radical (unpaired) electrons. The molecule has 0 bridgehead atoms. The highest BCUT2D eigenvalue weighted by Gasteiger charge is 2.22. The fourth-order valence-electron chi connectivity index (χ4n) is 1.69. The van der Waals surface area contributed by atoms with Crippen molar-refractivity contribution < 1.29 is 14.3 Å². The minimum Gasteiger partial charge on any atom is -0.444 e. The largest absolute Gasteiger partial charge is 0.444 e. The van der Waals surface area contributed by atoms with E-state index in [-0.39, 0.29) is 12.5 Å². The predicted molar refractivity (Wildman–Crippen MR) is 72.8 cm³/mol. The third kappa shape index (κ3) is 5.62. The summed E-state index contributed by atoms with van der Waals surface area (Å²) in [5.74, 6) is -0.0684. The van der Waals surface area contributed by atoms with Crippen molar-refractivity contribution in [2.75, 3.05) is 19.6 Å². The zero-order valence-corrected chi connectivity index (χ0v) is 12.1. The molecule has 18 heavy (non-hydrogen) atoms. The topological polar surface area (TPSA) is 58.6 Å². The number of carbonyl (C=O) groups excluding carboxylic acids is 2. The highest BCUT2D eigenvalue weighted by molar-refractivity contribution is 7.80. The summed E-state index contributed by atoms with van der Waals surface area (Å²) in [6, 6.07) is 0. The number of alkyl carbamates (subject to hydrolysis) is 1. The number of ether oxygens (including phenoxy) is 1. The Morgan fingerprint density at radius 3 is 2.39 bits per heavy atom. The first-order chi connectivity index (χ1) is 8.28. The Morgan fingerprint density at radius 2 is 1.89 bits per heavy atom. The number of hydrogen-bond acceptors (Lipinski definition) is 4. The van der Waals surface area contributed by atoms with Crippen LogP contribution in [0.1, 0.15) is 33.6 Å². The van der Waals surface area contributed by atoms with E-state index in [1.54, 1.807) is 25.7 Å². The second-order valence-corrected chi connectivity index (χ2v) is 6.20. The Labute approximate surface area is 114 Å². The summed E-state index contributed by atoms with van der Waals surface area (Å²) >= 11 is 4.37. The first-order valence-electron chi connectivity index (χ1n) is 6.20. The SMILES string of the molecule is CC(C)(C)OC(=O)NCC(=O)N1CCC(S)CC1. The van der Waals surface area contributed by atoms with Gasteiger partial charge in [-0.15, -0.1) is 0 Å². The Balaban J connectivity index is 2.27. The molecule has 0 aromatic heterocycles. The molecule has 1 saturated heterocycles. The van der Waals surface area contributed by atoms with Gasteiger partial charge in [0.05, 0.1) is 0 Å². The first-order valence-corrected chi connectivity index (χ1v) is 6.72. The number of rotatable bonds is 2. The van der Waals surface area contributed by atoms with Crippen LogP contribution in [0.25, 0.3) is 0 Å². The second-order valence-electron chi connectivity index (χ2n) is 5.47. The number of nitrogens with zero attached hydrogens (tertiary/aromatic N) is 1. The van der Waals surface area contributed by atoms with Gasteiger partial charge in [0.2, 0.25) is 5.91 Å². The van der Waals surface area contributed by atoms with Crippen LogP contribution in [0.15, 0.2) is 0 Å².